The summed E-state index contributed by atoms with van der Waals surface area (Å²) in [6.45, 7) is 8.85. The van der Waals surface area contributed by atoms with Crippen LogP contribution in [0.15, 0.2) is 51.4 Å². The SMILES string of the molecule is COC(=O)CCc1ccc(OCC(C)c2oc(-c3ccc(Br)cc3)nc2C(C)C)cc1C. The average Bonchev–Trinajstić information content (AvgIpc) is 3.23. The molecule has 0 N–H and O–H groups in total. The van der Waals surface area contributed by atoms with Crippen molar-refractivity contribution in [3.05, 3.63) is 69.5 Å². The molecule has 0 aliphatic carbocycles. The number of aromatic nitrogens is 1. The second-order valence-electron chi connectivity index (χ2n) is 8.31. The summed E-state index contributed by atoms with van der Waals surface area (Å²) in [5, 5.41) is 0. The van der Waals surface area contributed by atoms with Crippen LogP contribution in [-0.4, -0.2) is 24.7 Å². The second-order valence-corrected chi connectivity index (χ2v) is 9.22. The Morgan fingerprint density at radius 3 is 2.47 bits per heavy atom. The Morgan fingerprint density at radius 2 is 1.84 bits per heavy atom. The molecule has 1 aromatic heterocycles. The quantitative estimate of drug-likeness (QED) is 0.302. The third-order valence-electron chi connectivity index (χ3n) is 5.41. The Kier molecular flexibility index (Phi) is 8.13. The molecule has 0 fully saturated rings. The van der Waals surface area contributed by atoms with Crippen LogP contribution in [0.2, 0.25) is 0 Å². The molecule has 0 aliphatic rings. The number of hydrogen-bond donors (Lipinski definition) is 0. The molecule has 0 bridgehead atoms. The van der Waals surface area contributed by atoms with Gasteiger partial charge in [-0.15, -0.1) is 0 Å². The molecule has 2 aromatic carbocycles. The van der Waals surface area contributed by atoms with E-state index in [0.29, 0.717) is 25.3 Å². The normalized spacial score (nSPS) is 12.1. The van der Waals surface area contributed by atoms with Gasteiger partial charge in [0.05, 0.1) is 25.3 Å². The molecule has 3 aromatic rings. The summed E-state index contributed by atoms with van der Waals surface area (Å²) in [6, 6.07) is 13.9. The summed E-state index contributed by atoms with van der Waals surface area (Å²) >= 11 is 3.47. The minimum Gasteiger partial charge on any atom is -0.493 e. The number of halogens is 1. The van der Waals surface area contributed by atoms with Crippen molar-refractivity contribution in [2.75, 3.05) is 13.7 Å². The van der Waals surface area contributed by atoms with E-state index in [0.717, 1.165) is 38.4 Å². The van der Waals surface area contributed by atoms with E-state index in [1.807, 2.05) is 49.4 Å². The fourth-order valence-electron chi connectivity index (χ4n) is 3.50. The number of aryl methyl sites for hydroxylation is 2. The van der Waals surface area contributed by atoms with E-state index in [2.05, 4.69) is 36.7 Å². The van der Waals surface area contributed by atoms with E-state index in [1.165, 1.54) is 7.11 Å². The highest BCUT2D eigenvalue weighted by Crippen LogP contribution is 2.32. The molecular formula is C26H30BrNO4. The van der Waals surface area contributed by atoms with Crippen molar-refractivity contribution < 1.29 is 18.7 Å². The number of nitrogens with zero attached hydrogens (tertiary/aromatic N) is 1. The molecule has 170 valence electrons. The number of oxazole rings is 1. The van der Waals surface area contributed by atoms with Gasteiger partial charge >= 0.3 is 5.97 Å². The summed E-state index contributed by atoms with van der Waals surface area (Å²) in [6.07, 6.45) is 1.03. The fraction of sp³-hybridized carbons (Fsp3) is 0.385. The van der Waals surface area contributed by atoms with Gasteiger partial charge in [-0.3, -0.25) is 4.79 Å². The van der Waals surface area contributed by atoms with Crippen LogP contribution >= 0.6 is 15.9 Å². The van der Waals surface area contributed by atoms with Crippen molar-refractivity contribution in [1.82, 2.24) is 4.98 Å². The number of ether oxygens (including phenoxy) is 2. The van der Waals surface area contributed by atoms with Crippen LogP contribution in [0.5, 0.6) is 5.75 Å². The molecule has 0 saturated heterocycles. The zero-order valence-electron chi connectivity index (χ0n) is 19.3. The third kappa shape index (κ3) is 6.00. The monoisotopic (exact) mass is 499 g/mol. The standard InChI is InChI=1S/C26H30BrNO4/c1-16(2)24-25(32-26(28-24)20-6-10-21(27)11-7-20)18(4)15-31-22-12-8-19(17(3)14-22)9-13-23(29)30-5/h6-8,10-12,14,16,18H,9,13,15H2,1-5H3. The fourth-order valence-corrected chi connectivity index (χ4v) is 3.77. The minimum absolute atomic E-state index is 0.0448. The molecule has 0 saturated carbocycles. The molecule has 0 amide bonds. The van der Waals surface area contributed by atoms with Crippen LogP contribution < -0.4 is 4.74 Å². The van der Waals surface area contributed by atoms with Gasteiger partial charge in [-0.25, -0.2) is 4.98 Å². The van der Waals surface area contributed by atoms with Gasteiger partial charge in [0.15, 0.2) is 0 Å². The summed E-state index contributed by atoms with van der Waals surface area (Å²) in [7, 11) is 1.41. The maximum absolute atomic E-state index is 11.4. The van der Waals surface area contributed by atoms with Gasteiger partial charge in [-0.1, -0.05) is 42.8 Å². The Balaban J connectivity index is 1.70. The van der Waals surface area contributed by atoms with Gasteiger partial charge in [0.1, 0.15) is 11.5 Å². The molecule has 1 atom stereocenters. The first kappa shape index (κ1) is 24.1. The second kappa shape index (κ2) is 10.8. The summed E-state index contributed by atoms with van der Waals surface area (Å²) < 4.78 is 18.0. The largest absolute Gasteiger partial charge is 0.493 e. The number of benzene rings is 2. The van der Waals surface area contributed by atoms with Crippen molar-refractivity contribution in [2.24, 2.45) is 0 Å². The van der Waals surface area contributed by atoms with Crippen LogP contribution in [0, 0.1) is 6.92 Å². The smallest absolute Gasteiger partial charge is 0.305 e. The van der Waals surface area contributed by atoms with Crippen molar-refractivity contribution in [2.45, 2.75) is 52.4 Å². The number of rotatable bonds is 9. The van der Waals surface area contributed by atoms with E-state index in [1.54, 1.807) is 0 Å². The van der Waals surface area contributed by atoms with Crippen molar-refractivity contribution >= 4 is 21.9 Å². The van der Waals surface area contributed by atoms with Gasteiger partial charge in [-0.05, 0) is 66.8 Å². The summed E-state index contributed by atoms with van der Waals surface area (Å²) in [5.41, 5.74) is 4.13. The predicted octanol–water partition coefficient (Wildman–Crippen LogP) is 6.82. The lowest BCUT2D eigenvalue weighted by molar-refractivity contribution is -0.140. The number of methoxy groups -OCH3 is 1. The Hall–Kier alpha value is -2.60. The minimum atomic E-state index is -0.200. The van der Waals surface area contributed by atoms with Gasteiger partial charge in [0, 0.05) is 16.5 Å². The lowest BCUT2D eigenvalue weighted by Crippen LogP contribution is -2.09. The lowest BCUT2D eigenvalue weighted by atomic mass is 10.0. The van der Waals surface area contributed by atoms with Gasteiger partial charge in [0.2, 0.25) is 5.89 Å². The average molecular weight is 500 g/mol. The molecule has 3 rings (SSSR count). The van der Waals surface area contributed by atoms with Gasteiger partial charge in [0.25, 0.3) is 0 Å². The van der Waals surface area contributed by atoms with E-state index in [4.69, 9.17) is 18.9 Å². The maximum atomic E-state index is 11.4. The molecule has 0 radical (unpaired) electrons. The highest BCUT2D eigenvalue weighted by Gasteiger charge is 2.22. The molecule has 6 heteroatoms. The van der Waals surface area contributed by atoms with Gasteiger partial charge < -0.3 is 13.9 Å². The topological polar surface area (TPSA) is 61.6 Å². The van der Waals surface area contributed by atoms with Crippen LogP contribution in [0.4, 0.5) is 0 Å². The Bertz CT molecular complexity index is 1060. The number of esters is 1. The van der Waals surface area contributed by atoms with E-state index in [-0.39, 0.29) is 17.8 Å². The number of carbonyl (C=O) groups is 1. The van der Waals surface area contributed by atoms with Crippen LogP contribution in [-0.2, 0) is 16.0 Å². The first-order chi connectivity index (χ1) is 15.3. The lowest BCUT2D eigenvalue weighted by Gasteiger charge is -2.14. The van der Waals surface area contributed by atoms with Crippen molar-refractivity contribution in [3.63, 3.8) is 0 Å². The molecular weight excluding hydrogens is 470 g/mol. The van der Waals surface area contributed by atoms with E-state index in [9.17, 15) is 4.79 Å². The van der Waals surface area contributed by atoms with E-state index < -0.39 is 0 Å². The first-order valence-electron chi connectivity index (χ1n) is 10.8. The molecule has 5 nitrogen and oxygen atoms in total. The Labute approximate surface area is 198 Å². The Morgan fingerprint density at radius 1 is 1.12 bits per heavy atom. The van der Waals surface area contributed by atoms with Crippen LogP contribution in [0.25, 0.3) is 11.5 Å². The van der Waals surface area contributed by atoms with Crippen LogP contribution in [0.1, 0.15) is 61.6 Å². The van der Waals surface area contributed by atoms with Crippen LogP contribution in [0.3, 0.4) is 0 Å². The number of hydrogen-bond acceptors (Lipinski definition) is 5. The molecule has 32 heavy (non-hydrogen) atoms. The van der Waals surface area contributed by atoms with Crippen molar-refractivity contribution in [3.8, 4) is 17.2 Å². The molecule has 1 heterocycles. The number of carbonyl (C=O) groups excluding carboxylic acids is 1. The third-order valence-corrected chi connectivity index (χ3v) is 5.94. The highest BCUT2D eigenvalue weighted by atomic mass is 79.9. The van der Waals surface area contributed by atoms with Gasteiger partial charge in [-0.2, -0.15) is 0 Å². The van der Waals surface area contributed by atoms with E-state index >= 15 is 0 Å². The molecule has 0 aliphatic heterocycles. The first-order valence-corrected chi connectivity index (χ1v) is 11.6. The zero-order chi connectivity index (χ0) is 23.3. The summed E-state index contributed by atoms with van der Waals surface area (Å²) in [5.74, 6) is 2.39. The molecule has 0 spiro atoms. The van der Waals surface area contributed by atoms with Crippen molar-refractivity contribution in [1.29, 1.82) is 0 Å². The molecule has 1 unspecified atom stereocenters. The zero-order valence-corrected chi connectivity index (χ0v) is 20.9. The highest BCUT2D eigenvalue weighted by molar-refractivity contribution is 9.10. The predicted molar refractivity (Wildman–Crippen MR) is 129 cm³/mol. The maximum Gasteiger partial charge on any atom is 0.305 e. The summed E-state index contributed by atoms with van der Waals surface area (Å²) in [4.78, 5) is 16.2.